The molecule has 1 atom stereocenters. The fourth-order valence-corrected chi connectivity index (χ4v) is 0.617. The molecule has 0 radical (unpaired) electrons. The van der Waals surface area contributed by atoms with Gasteiger partial charge in [-0.25, -0.2) is 0 Å². The van der Waals surface area contributed by atoms with Gasteiger partial charge in [-0.05, 0) is 0 Å². The Kier molecular flexibility index (Phi) is 4.10. The number of hydrogen-bond donors (Lipinski definition) is 1. The van der Waals surface area contributed by atoms with Gasteiger partial charge in [0.05, 0.1) is 0 Å². The second kappa shape index (κ2) is 4.60. The van der Waals surface area contributed by atoms with Crippen molar-refractivity contribution in [2.75, 3.05) is 14.1 Å². The predicted octanol–water partition coefficient (Wildman–Crippen LogP) is 0.183. The summed E-state index contributed by atoms with van der Waals surface area (Å²) in [6.45, 7) is 1.46. The van der Waals surface area contributed by atoms with Crippen molar-refractivity contribution in [3.05, 3.63) is 0 Å². The summed E-state index contributed by atoms with van der Waals surface area (Å²) in [6, 6.07) is -0.308. The van der Waals surface area contributed by atoms with Crippen LogP contribution in [0.15, 0.2) is 4.99 Å². The summed E-state index contributed by atoms with van der Waals surface area (Å²) in [5.74, 6) is -0.0709. The molecule has 1 N–H and O–H groups in total. The van der Waals surface area contributed by atoms with Crippen LogP contribution < -0.4 is 0 Å². The largest absolute Gasteiger partial charge is 0.333 e. The van der Waals surface area contributed by atoms with Gasteiger partial charge in [0.15, 0.2) is 0 Å². The van der Waals surface area contributed by atoms with E-state index in [-0.39, 0.29) is 11.9 Å². The Balaban J connectivity index is 4.24. The van der Waals surface area contributed by atoms with Gasteiger partial charge >= 0.3 is 0 Å². The van der Waals surface area contributed by atoms with Gasteiger partial charge in [0.25, 0.3) is 0 Å². The van der Waals surface area contributed by atoms with Gasteiger partial charge in [-0.2, -0.15) is 0 Å². The van der Waals surface area contributed by atoms with Crippen molar-refractivity contribution in [1.29, 1.82) is 5.41 Å². The number of nitrogens with zero attached hydrogens (tertiary/aromatic N) is 2. The van der Waals surface area contributed by atoms with Gasteiger partial charge in [0.2, 0.25) is 5.91 Å². The van der Waals surface area contributed by atoms with E-state index in [9.17, 15) is 4.79 Å². The first-order valence-electron chi connectivity index (χ1n) is 3.29. The molecule has 0 aromatic rings. The van der Waals surface area contributed by atoms with Crippen LogP contribution >= 0.6 is 0 Å². The summed E-state index contributed by atoms with van der Waals surface area (Å²) in [5, 5.41) is 6.98. The molecule has 0 aliphatic rings. The lowest BCUT2D eigenvalue weighted by molar-refractivity contribution is -0.127. The van der Waals surface area contributed by atoms with Crippen molar-refractivity contribution in [3.8, 4) is 0 Å². The maximum atomic E-state index is 10.8. The van der Waals surface area contributed by atoms with E-state index < -0.39 is 0 Å². The lowest BCUT2D eigenvalue weighted by atomic mass is 10.3. The second-order valence-corrected chi connectivity index (χ2v) is 2.19. The van der Waals surface area contributed by atoms with Crippen LogP contribution in [0.1, 0.15) is 6.92 Å². The maximum Gasteiger partial charge on any atom is 0.220 e. The highest BCUT2D eigenvalue weighted by atomic mass is 16.2. The number of aliphatic imine (C=N–C) groups is 1. The fraction of sp³-hybridized carbons (Fsp3) is 0.571. The lowest BCUT2D eigenvalue weighted by Gasteiger charge is -2.19. The Morgan fingerprint density at radius 1 is 1.73 bits per heavy atom. The molecule has 0 aliphatic heterocycles. The minimum absolute atomic E-state index is 0.0709. The zero-order chi connectivity index (χ0) is 8.85. The molecule has 0 saturated carbocycles. The second-order valence-electron chi connectivity index (χ2n) is 2.19. The van der Waals surface area contributed by atoms with Gasteiger partial charge in [-0.3, -0.25) is 9.79 Å². The Labute approximate surface area is 66.4 Å². The van der Waals surface area contributed by atoms with E-state index in [0.29, 0.717) is 0 Å². The van der Waals surface area contributed by atoms with Crippen LogP contribution in [0.3, 0.4) is 0 Å². The molecule has 0 heterocycles. The number of carbonyl (C=O) groups is 1. The number of carbonyl (C=O) groups excluding carboxylic acids is 1. The normalized spacial score (nSPS) is 13.0. The van der Waals surface area contributed by atoms with Crippen molar-refractivity contribution in [2.45, 2.75) is 13.0 Å². The van der Waals surface area contributed by atoms with E-state index in [2.05, 4.69) is 4.99 Å². The van der Waals surface area contributed by atoms with Crippen LogP contribution in [0.25, 0.3) is 0 Å². The first-order chi connectivity index (χ1) is 5.13. The summed E-state index contributed by atoms with van der Waals surface area (Å²) in [7, 11) is 3.25. The molecule has 0 aliphatic carbocycles. The van der Waals surface area contributed by atoms with Crippen molar-refractivity contribution >= 4 is 18.3 Å². The number of hydrogen-bond acceptors (Lipinski definition) is 3. The molecule has 4 nitrogen and oxygen atoms in total. The average molecular weight is 155 g/mol. The molecule has 4 heteroatoms. The summed E-state index contributed by atoms with van der Waals surface area (Å²) >= 11 is 0. The van der Waals surface area contributed by atoms with Gasteiger partial charge in [-0.1, -0.05) is 0 Å². The molecule has 1 amide bonds. The minimum atomic E-state index is -0.308. The van der Waals surface area contributed by atoms with Crippen LogP contribution in [0.4, 0.5) is 0 Å². The Morgan fingerprint density at radius 3 is 2.55 bits per heavy atom. The molecule has 0 spiro atoms. The zero-order valence-corrected chi connectivity index (χ0v) is 7.03. The first kappa shape index (κ1) is 9.81. The lowest BCUT2D eigenvalue weighted by Crippen LogP contribution is -2.37. The Morgan fingerprint density at radius 2 is 2.27 bits per heavy atom. The molecular formula is C7H13N3O. The SMILES string of the molecule is CN=CC(C=N)N(C)C(C)=O. The van der Waals surface area contributed by atoms with Crippen LogP contribution in [0.5, 0.6) is 0 Å². The molecule has 0 aromatic carbocycles. The first-order valence-corrected chi connectivity index (χ1v) is 3.29. The van der Waals surface area contributed by atoms with E-state index in [0.717, 1.165) is 0 Å². The summed E-state index contributed by atoms with van der Waals surface area (Å²) in [4.78, 5) is 16.0. The topological polar surface area (TPSA) is 56.5 Å². The van der Waals surface area contributed by atoms with Crippen LogP contribution in [0, 0.1) is 5.41 Å². The third kappa shape index (κ3) is 2.93. The van der Waals surface area contributed by atoms with Crippen LogP contribution in [-0.4, -0.2) is 43.4 Å². The molecule has 0 saturated heterocycles. The van der Waals surface area contributed by atoms with Crippen LogP contribution in [0.2, 0.25) is 0 Å². The highest BCUT2D eigenvalue weighted by molar-refractivity contribution is 5.91. The van der Waals surface area contributed by atoms with E-state index in [1.165, 1.54) is 18.0 Å². The molecule has 62 valence electrons. The summed E-state index contributed by atoms with van der Waals surface area (Å²) in [6.07, 6.45) is 2.72. The highest BCUT2D eigenvalue weighted by Gasteiger charge is 2.10. The van der Waals surface area contributed by atoms with E-state index in [4.69, 9.17) is 5.41 Å². The number of amides is 1. The van der Waals surface area contributed by atoms with E-state index in [1.807, 2.05) is 0 Å². The fourth-order valence-electron chi connectivity index (χ4n) is 0.617. The van der Waals surface area contributed by atoms with Gasteiger partial charge in [-0.15, -0.1) is 0 Å². The monoisotopic (exact) mass is 155 g/mol. The third-order valence-corrected chi connectivity index (χ3v) is 1.42. The molecule has 0 bridgehead atoms. The van der Waals surface area contributed by atoms with Gasteiger partial charge in [0, 0.05) is 33.4 Å². The average Bonchev–Trinajstić information content (AvgIpc) is 1.98. The van der Waals surface area contributed by atoms with Crippen LogP contribution in [-0.2, 0) is 4.79 Å². The van der Waals surface area contributed by atoms with Crippen molar-refractivity contribution in [3.63, 3.8) is 0 Å². The molecular weight excluding hydrogens is 142 g/mol. The molecule has 0 aromatic heterocycles. The van der Waals surface area contributed by atoms with Crippen molar-refractivity contribution in [2.24, 2.45) is 4.99 Å². The number of nitrogens with one attached hydrogen (secondary N) is 1. The quantitative estimate of drug-likeness (QED) is 0.581. The van der Waals surface area contributed by atoms with E-state index in [1.54, 1.807) is 20.3 Å². The van der Waals surface area contributed by atoms with Crippen molar-refractivity contribution in [1.82, 2.24) is 4.90 Å². The summed E-state index contributed by atoms with van der Waals surface area (Å²) in [5.41, 5.74) is 0. The third-order valence-electron chi connectivity index (χ3n) is 1.42. The smallest absolute Gasteiger partial charge is 0.220 e. The maximum absolute atomic E-state index is 10.8. The van der Waals surface area contributed by atoms with Gasteiger partial charge < -0.3 is 10.3 Å². The van der Waals surface area contributed by atoms with Gasteiger partial charge in [0.1, 0.15) is 6.04 Å². The molecule has 1 unspecified atom stereocenters. The Bertz CT molecular complexity index is 177. The predicted molar refractivity (Wildman–Crippen MR) is 45.4 cm³/mol. The molecule has 0 rings (SSSR count). The molecule has 0 fully saturated rings. The molecule has 11 heavy (non-hydrogen) atoms. The highest BCUT2D eigenvalue weighted by Crippen LogP contribution is 1.90. The minimum Gasteiger partial charge on any atom is -0.333 e. The standard InChI is InChI=1S/C7H13N3O/c1-6(11)10(3)7(4-8)5-9-2/h4-5,7-8H,1-3H3. The summed E-state index contributed by atoms with van der Waals surface area (Å²) < 4.78 is 0. The number of rotatable bonds is 3. The zero-order valence-electron chi connectivity index (χ0n) is 7.03. The van der Waals surface area contributed by atoms with Crippen molar-refractivity contribution < 1.29 is 4.79 Å². The Hall–Kier alpha value is -1.19. The van der Waals surface area contributed by atoms with E-state index >= 15 is 0 Å².